The number of hydrogen-bond donors (Lipinski definition) is 3. The van der Waals surface area contributed by atoms with Gasteiger partial charge in [-0.1, -0.05) is 24.3 Å². The molecule has 26 heavy (non-hydrogen) atoms. The third kappa shape index (κ3) is 3.21. The number of aliphatic hydroxyl groups excluding tert-OH is 1. The summed E-state index contributed by atoms with van der Waals surface area (Å²) in [6.45, 7) is 0.866. The Hall–Kier alpha value is -2.70. The zero-order valence-electron chi connectivity index (χ0n) is 14.6. The van der Waals surface area contributed by atoms with E-state index in [0.29, 0.717) is 5.56 Å². The van der Waals surface area contributed by atoms with Crippen molar-refractivity contribution in [2.45, 2.75) is 18.5 Å². The molecule has 0 spiro atoms. The molecule has 1 amide bonds. The molecule has 3 N–H and O–H groups in total. The van der Waals surface area contributed by atoms with Gasteiger partial charge in [0.25, 0.3) is 5.91 Å². The van der Waals surface area contributed by atoms with E-state index in [2.05, 4.69) is 20.2 Å². The molecule has 3 aromatic rings. The van der Waals surface area contributed by atoms with Crippen molar-refractivity contribution >= 4 is 16.9 Å². The molecule has 1 aromatic heterocycles. The van der Waals surface area contributed by atoms with Gasteiger partial charge < -0.3 is 15.4 Å². The minimum absolute atomic E-state index is 0.0551. The fraction of sp³-hybridized carbons (Fsp3) is 0.300. The molecule has 0 radical (unpaired) electrons. The van der Waals surface area contributed by atoms with E-state index in [0.717, 1.165) is 35.4 Å². The highest BCUT2D eigenvalue weighted by Crippen LogP contribution is 2.22. The van der Waals surface area contributed by atoms with Gasteiger partial charge in [0, 0.05) is 29.8 Å². The Morgan fingerprint density at radius 2 is 2.15 bits per heavy atom. The van der Waals surface area contributed by atoms with E-state index in [4.69, 9.17) is 0 Å². The zero-order valence-corrected chi connectivity index (χ0v) is 14.6. The van der Waals surface area contributed by atoms with Crippen molar-refractivity contribution in [2.24, 2.45) is 0 Å². The van der Waals surface area contributed by atoms with Crippen molar-refractivity contribution in [1.29, 1.82) is 0 Å². The molecular weight excluding hydrogens is 328 g/mol. The average Bonchev–Trinajstić information content (AvgIpc) is 3.24. The van der Waals surface area contributed by atoms with Crippen LogP contribution < -0.4 is 5.32 Å². The maximum atomic E-state index is 12.6. The summed E-state index contributed by atoms with van der Waals surface area (Å²) in [4.78, 5) is 22.6. The van der Waals surface area contributed by atoms with Crippen molar-refractivity contribution in [3.63, 3.8) is 0 Å². The molecule has 1 saturated heterocycles. The first kappa shape index (κ1) is 16.8. The first-order chi connectivity index (χ1) is 12.6. The van der Waals surface area contributed by atoms with Gasteiger partial charge in [-0.3, -0.25) is 9.69 Å². The first-order valence-electron chi connectivity index (χ1n) is 8.81. The van der Waals surface area contributed by atoms with Gasteiger partial charge in [-0.2, -0.15) is 0 Å². The molecule has 1 fully saturated rings. The molecule has 2 atom stereocenters. The van der Waals surface area contributed by atoms with Crippen LogP contribution in [0.25, 0.3) is 22.4 Å². The summed E-state index contributed by atoms with van der Waals surface area (Å²) in [7, 11) is 1.97. The van der Waals surface area contributed by atoms with E-state index in [1.165, 1.54) is 0 Å². The minimum Gasteiger partial charge on any atom is -0.395 e. The number of amides is 1. The summed E-state index contributed by atoms with van der Waals surface area (Å²) >= 11 is 0. The number of aromatic nitrogens is 2. The number of aromatic amines is 1. The number of H-pyrrole nitrogens is 1. The summed E-state index contributed by atoms with van der Waals surface area (Å²) in [5, 5.41) is 12.4. The molecule has 0 saturated carbocycles. The minimum atomic E-state index is -0.0973. The highest BCUT2D eigenvalue weighted by molar-refractivity contribution is 5.95. The third-order valence-electron chi connectivity index (χ3n) is 5.02. The van der Waals surface area contributed by atoms with Gasteiger partial charge in [-0.25, -0.2) is 4.98 Å². The van der Waals surface area contributed by atoms with Crippen molar-refractivity contribution in [2.75, 3.05) is 20.2 Å². The van der Waals surface area contributed by atoms with Crippen molar-refractivity contribution in [3.8, 4) is 11.4 Å². The van der Waals surface area contributed by atoms with Crippen LogP contribution in [0.4, 0.5) is 0 Å². The van der Waals surface area contributed by atoms with Crippen LogP contribution in [0.2, 0.25) is 0 Å². The molecule has 134 valence electrons. The number of aliphatic hydroxyl groups is 1. The van der Waals surface area contributed by atoms with Crippen LogP contribution in [0, 0.1) is 0 Å². The Bertz CT molecular complexity index is 903. The molecular formula is C20H22N4O2. The lowest BCUT2D eigenvalue weighted by molar-refractivity contribution is 0.0938. The van der Waals surface area contributed by atoms with Crippen LogP contribution in [0.5, 0.6) is 0 Å². The average molecular weight is 350 g/mol. The van der Waals surface area contributed by atoms with Gasteiger partial charge >= 0.3 is 0 Å². The summed E-state index contributed by atoms with van der Waals surface area (Å²) in [6, 6.07) is 15.5. The monoisotopic (exact) mass is 350 g/mol. The van der Waals surface area contributed by atoms with Gasteiger partial charge in [0.05, 0.1) is 17.6 Å². The summed E-state index contributed by atoms with van der Waals surface area (Å²) in [5.74, 6) is 0.654. The Labute approximate surface area is 151 Å². The van der Waals surface area contributed by atoms with Crippen molar-refractivity contribution in [1.82, 2.24) is 20.2 Å². The number of benzene rings is 2. The second-order valence-electron chi connectivity index (χ2n) is 6.87. The second kappa shape index (κ2) is 6.90. The number of nitrogens with one attached hydrogen (secondary N) is 2. The highest BCUT2D eigenvalue weighted by atomic mass is 16.3. The van der Waals surface area contributed by atoms with Crippen LogP contribution in [-0.4, -0.2) is 58.2 Å². The van der Waals surface area contributed by atoms with E-state index >= 15 is 0 Å². The van der Waals surface area contributed by atoms with E-state index in [1.807, 2.05) is 55.6 Å². The van der Waals surface area contributed by atoms with Crippen LogP contribution >= 0.6 is 0 Å². The van der Waals surface area contributed by atoms with Crippen LogP contribution in [-0.2, 0) is 0 Å². The highest BCUT2D eigenvalue weighted by Gasteiger charge is 2.29. The number of rotatable bonds is 4. The van der Waals surface area contributed by atoms with Gasteiger partial charge in [0.15, 0.2) is 0 Å². The molecule has 0 bridgehead atoms. The summed E-state index contributed by atoms with van der Waals surface area (Å²) < 4.78 is 0. The van der Waals surface area contributed by atoms with Gasteiger partial charge in [-0.05, 0) is 37.7 Å². The largest absolute Gasteiger partial charge is 0.395 e. The van der Waals surface area contributed by atoms with Gasteiger partial charge in [-0.15, -0.1) is 0 Å². The third-order valence-corrected chi connectivity index (χ3v) is 5.02. The van der Waals surface area contributed by atoms with Crippen LogP contribution in [0.1, 0.15) is 16.8 Å². The number of likely N-dealkylation sites (tertiary alicyclic amines) is 1. The molecule has 1 aliphatic rings. The fourth-order valence-electron chi connectivity index (χ4n) is 3.56. The Balaban J connectivity index is 1.53. The van der Waals surface area contributed by atoms with E-state index in [1.54, 1.807) is 0 Å². The molecule has 0 unspecified atom stereocenters. The molecule has 4 rings (SSSR count). The SMILES string of the molecule is CN1C[C@H](NC(=O)c2cccc(-c3nc4ccccc4[nH]3)c2)C[C@H]1CO. The van der Waals surface area contributed by atoms with E-state index in [9.17, 15) is 9.90 Å². The molecule has 6 nitrogen and oxygen atoms in total. The lowest BCUT2D eigenvalue weighted by Gasteiger charge is -2.15. The molecule has 2 heterocycles. The van der Waals surface area contributed by atoms with Crippen molar-refractivity contribution < 1.29 is 9.90 Å². The lowest BCUT2D eigenvalue weighted by Crippen LogP contribution is -2.36. The predicted octanol–water partition coefficient (Wildman–Crippen LogP) is 2.02. The number of likely N-dealkylation sites (N-methyl/N-ethyl adjacent to an activating group) is 1. The standard InChI is InChI=1S/C20H22N4O2/c1-24-11-15(10-16(24)12-25)21-20(26)14-6-4-5-13(9-14)19-22-17-7-2-3-8-18(17)23-19/h2-9,15-16,25H,10-12H2,1H3,(H,21,26)(H,22,23)/t15-,16+/m1/s1. The van der Waals surface area contributed by atoms with Crippen LogP contribution in [0.15, 0.2) is 48.5 Å². The number of nitrogens with zero attached hydrogens (tertiary/aromatic N) is 2. The van der Waals surface area contributed by atoms with Crippen molar-refractivity contribution in [3.05, 3.63) is 54.1 Å². The molecule has 2 aromatic carbocycles. The number of fused-ring (bicyclic) bond motifs is 1. The topological polar surface area (TPSA) is 81.2 Å². The lowest BCUT2D eigenvalue weighted by atomic mass is 10.1. The normalized spacial score (nSPS) is 20.5. The molecule has 1 aliphatic heterocycles. The number of para-hydroxylation sites is 2. The van der Waals surface area contributed by atoms with E-state index in [-0.39, 0.29) is 24.6 Å². The van der Waals surface area contributed by atoms with E-state index < -0.39 is 0 Å². The maximum Gasteiger partial charge on any atom is 0.251 e. The Kier molecular flexibility index (Phi) is 4.44. The number of carbonyl (C=O) groups excluding carboxylic acids is 1. The molecule has 6 heteroatoms. The quantitative estimate of drug-likeness (QED) is 0.672. The number of hydrogen-bond acceptors (Lipinski definition) is 4. The predicted molar refractivity (Wildman–Crippen MR) is 101 cm³/mol. The maximum absolute atomic E-state index is 12.6. The molecule has 0 aliphatic carbocycles. The van der Waals surface area contributed by atoms with Gasteiger partial charge in [0.2, 0.25) is 0 Å². The first-order valence-corrected chi connectivity index (χ1v) is 8.81. The number of imidazole rings is 1. The smallest absolute Gasteiger partial charge is 0.251 e. The number of carbonyl (C=O) groups is 1. The van der Waals surface area contributed by atoms with Crippen LogP contribution in [0.3, 0.4) is 0 Å². The summed E-state index contributed by atoms with van der Waals surface area (Å²) in [5.41, 5.74) is 3.37. The Morgan fingerprint density at radius 1 is 1.31 bits per heavy atom. The zero-order chi connectivity index (χ0) is 18.1. The summed E-state index contributed by atoms with van der Waals surface area (Å²) in [6.07, 6.45) is 0.766. The Morgan fingerprint density at radius 3 is 2.92 bits per heavy atom. The fourth-order valence-corrected chi connectivity index (χ4v) is 3.56. The second-order valence-corrected chi connectivity index (χ2v) is 6.87. The van der Waals surface area contributed by atoms with Gasteiger partial charge in [0.1, 0.15) is 5.82 Å².